The van der Waals surface area contributed by atoms with Crippen molar-refractivity contribution < 1.29 is 40.7 Å². The van der Waals surface area contributed by atoms with Crippen LogP contribution >= 0.6 is 11.6 Å². The van der Waals surface area contributed by atoms with Crippen LogP contribution in [0.3, 0.4) is 0 Å². The Labute approximate surface area is 198 Å². The monoisotopic (exact) mass is 524 g/mol. The number of nitrogens with zero attached hydrogens (tertiary/aromatic N) is 1. The normalized spacial score (nSPS) is 16.9. The molecule has 2 aromatic rings. The summed E-state index contributed by atoms with van der Waals surface area (Å²) in [5.74, 6) is -1.49. The van der Waals surface area contributed by atoms with E-state index in [1.165, 1.54) is 41.9 Å². The van der Waals surface area contributed by atoms with Crippen molar-refractivity contribution in [3.8, 4) is 16.9 Å². The van der Waals surface area contributed by atoms with Gasteiger partial charge in [0.05, 0.1) is 10.9 Å². The second-order valence-corrected chi connectivity index (χ2v) is 10.2. The number of hydrogen-bond donors (Lipinski definition) is 2. The molecule has 3 rings (SSSR count). The van der Waals surface area contributed by atoms with E-state index in [2.05, 4.69) is 4.74 Å². The van der Waals surface area contributed by atoms with Crippen LogP contribution in [0.2, 0.25) is 0 Å². The first-order valence-corrected chi connectivity index (χ1v) is 12.0. The predicted octanol–water partition coefficient (Wildman–Crippen LogP) is 3.90. The minimum absolute atomic E-state index is 0.0685. The van der Waals surface area contributed by atoms with Gasteiger partial charge in [-0.25, -0.2) is 13.9 Å². The lowest BCUT2D eigenvalue weighted by molar-refractivity contribution is -0.253. The Hall–Kier alpha value is -2.41. The number of piperidine rings is 1. The molecule has 0 saturated carbocycles. The summed E-state index contributed by atoms with van der Waals surface area (Å²) in [4.78, 5) is 14.1. The summed E-state index contributed by atoms with van der Waals surface area (Å²) < 4.78 is 79.6. The van der Waals surface area contributed by atoms with Crippen LogP contribution in [-0.2, 0) is 14.6 Å². The van der Waals surface area contributed by atoms with E-state index >= 15 is 0 Å². The molecule has 2 N–H and O–H groups in total. The summed E-state index contributed by atoms with van der Waals surface area (Å²) in [7, 11) is -4.22. The van der Waals surface area contributed by atoms with Crippen molar-refractivity contribution in [1.29, 1.82) is 0 Å². The second kappa shape index (κ2) is 10.1. The number of halogens is 5. The van der Waals surface area contributed by atoms with Crippen LogP contribution in [0.15, 0.2) is 53.4 Å². The highest BCUT2D eigenvalue weighted by atomic mass is 35.5. The van der Waals surface area contributed by atoms with E-state index in [9.17, 15) is 36.0 Å². The zero-order valence-corrected chi connectivity index (χ0v) is 19.1. The number of nitrogens with one attached hydrogen (secondary N) is 1. The Morgan fingerprint density at radius 1 is 1.09 bits per heavy atom. The van der Waals surface area contributed by atoms with E-state index in [0.29, 0.717) is 11.1 Å². The number of ether oxygens (including phenoxy) is 1. The lowest BCUT2D eigenvalue weighted by Crippen LogP contribution is -2.57. The third-order valence-corrected chi connectivity index (χ3v) is 8.58. The highest BCUT2D eigenvalue weighted by Gasteiger charge is 2.52. The Balaban J connectivity index is 1.84. The molecule has 2 aromatic carbocycles. The summed E-state index contributed by atoms with van der Waals surface area (Å²) in [6.07, 6.45) is -8.75. The Bertz CT molecular complexity index is 1110. The van der Waals surface area contributed by atoms with Gasteiger partial charge in [-0.1, -0.05) is 24.3 Å². The molecule has 0 atom stereocenters. The van der Waals surface area contributed by atoms with Gasteiger partial charge in [-0.3, -0.25) is 14.9 Å². The van der Waals surface area contributed by atoms with Crippen molar-refractivity contribution in [2.75, 3.05) is 19.1 Å². The van der Waals surface area contributed by atoms with Gasteiger partial charge in [0.1, 0.15) is 5.75 Å². The van der Waals surface area contributed by atoms with Gasteiger partial charge in [-0.05, 0) is 48.2 Å². The van der Waals surface area contributed by atoms with Crippen molar-refractivity contribution in [3.05, 3.63) is 48.5 Å². The van der Waals surface area contributed by atoms with E-state index in [-0.39, 0.29) is 36.8 Å². The Morgan fingerprint density at radius 3 is 2.03 bits per heavy atom. The van der Waals surface area contributed by atoms with Crippen molar-refractivity contribution in [2.45, 2.75) is 35.0 Å². The van der Waals surface area contributed by atoms with Gasteiger partial charge in [0, 0.05) is 13.1 Å². The molecule has 0 bridgehead atoms. The molecule has 1 aliphatic rings. The van der Waals surface area contributed by atoms with Crippen molar-refractivity contribution in [2.24, 2.45) is 0 Å². The fourth-order valence-electron chi connectivity index (χ4n) is 3.72. The Morgan fingerprint density at radius 2 is 1.59 bits per heavy atom. The predicted molar refractivity (Wildman–Crippen MR) is 115 cm³/mol. The van der Waals surface area contributed by atoms with E-state index < -0.39 is 38.8 Å². The lowest BCUT2D eigenvalue weighted by atomic mass is 9.95. The largest absolute Gasteiger partial charge is 0.461 e. The second-order valence-electron chi connectivity index (χ2n) is 7.69. The van der Waals surface area contributed by atoms with Gasteiger partial charge in [0.15, 0.2) is 14.6 Å². The molecule has 1 saturated heterocycles. The quantitative estimate of drug-likeness (QED) is 0.179. The molecule has 1 aliphatic heterocycles. The van der Waals surface area contributed by atoms with Crippen molar-refractivity contribution in [3.63, 3.8) is 0 Å². The van der Waals surface area contributed by atoms with E-state index in [1.54, 1.807) is 4.90 Å². The third kappa shape index (κ3) is 4.99. The van der Waals surface area contributed by atoms with E-state index in [0.717, 1.165) is 12.1 Å². The van der Waals surface area contributed by atoms with Crippen LogP contribution in [0.25, 0.3) is 11.1 Å². The van der Waals surface area contributed by atoms with Crippen LogP contribution in [0, 0.1) is 0 Å². The summed E-state index contributed by atoms with van der Waals surface area (Å²) in [5, 5.41) is 9.20. The van der Waals surface area contributed by atoms with Crippen LogP contribution in [0.1, 0.15) is 12.8 Å². The highest BCUT2D eigenvalue weighted by molar-refractivity contribution is 7.93. The average molecular weight is 525 g/mol. The number of carbonyl (C=O) groups excluding carboxylic acids is 1. The first kappa shape index (κ1) is 26.2. The van der Waals surface area contributed by atoms with Crippen LogP contribution in [0.4, 0.5) is 17.6 Å². The molecular formula is C21H21ClF4N2O5S. The first-order chi connectivity index (χ1) is 16.0. The summed E-state index contributed by atoms with van der Waals surface area (Å²) in [6.45, 7) is 0.487. The van der Waals surface area contributed by atoms with Gasteiger partial charge in [-0.15, -0.1) is 11.6 Å². The number of amides is 1. The number of alkyl halides is 5. The first-order valence-electron chi connectivity index (χ1n) is 10.00. The minimum Gasteiger partial charge on any atom is -0.428 e. The van der Waals surface area contributed by atoms with Gasteiger partial charge < -0.3 is 4.74 Å². The maximum Gasteiger partial charge on any atom is 0.461 e. The van der Waals surface area contributed by atoms with Crippen LogP contribution < -0.4 is 10.2 Å². The fourth-order valence-corrected chi connectivity index (χ4v) is 5.92. The molecule has 34 heavy (non-hydrogen) atoms. The number of benzene rings is 2. The average Bonchev–Trinajstić information content (AvgIpc) is 2.83. The molecule has 0 radical (unpaired) electrons. The number of likely N-dealkylation sites (tertiary alicyclic amines) is 1. The van der Waals surface area contributed by atoms with Crippen LogP contribution in [0.5, 0.6) is 5.75 Å². The number of sulfone groups is 1. The Kier molecular flexibility index (Phi) is 7.75. The van der Waals surface area contributed by atoms with E-state index in [4.69, 9.17) is 11.6 Å². The molecule has 0 spiro atoms. The molecule has 7 nitrogen and oxygen atoms in total. The summed E-state index contributed by atoms with van der Waals surface area (Å²) >= 11 is 5.80. The molecule has 186 valence electrons. The smallest absolute Gasteiger partial charge is 0.428 e. The van der Waals surface area contributed by atoms with Crippen molar-refractivity contribution >= 4 is 27.3 Å². The zero-order valence-electron chi connectivity index (χ0n) is 17.6. The molecule has 0 unspecified atom stereocenters. The number of rotatable bonds is 8. The van der Waals surface area contributed by atoms with Gasteiger partial charge in [0.25, 0.3) is 5.91 Å². The molecule has 0 aliphatic carbocycles. The highest BCUT2D eigenvalue weighted by Crippen LogP contribution is 2.37. The van der Waals surface area contributed by atoms with Crippen molar-refractivity contribution in [1.82, 2.24) is 10.4 Å². The molecule has 1 heterocycles. The van der Waals surface area contributed by atoms with Gasteiger partial charge in [-0.2, -0.15) is 17.6 Å². The maximum atomic E-state index is 13.4. The van der Waals surface area contributed by atoms with Gasteiger partial charge >= 0.3 is 12.5 Å². The number of hydrogen-bond acceptors (Lipinski definition) is 6. The topological polar surface area (TPSA) is 95.9 Å². The maximum absolute atomic E-state index is 13.4. The zero-order chi connectivity index (χ0) is 25.1. The van der Waals surface area contributed by atoms with E-state index in [1.807, 2.05) is 0 Å². The number of hydroxylamine groups is 1. The molecule has 1 amide bonds. The molecular weight excluding hydrogens is 504 g/mol. The SMILES string of the molecule is O=C(NO)C1(S(=O)(=O)c2ccc(-c3ccc(OC(F)(F)C(F)F)cc3)cc2)CCN(CCl)CC1. The molecule has 1 fully saturated rings. The van der Waals surface area contributed by atoms with Crippen LogP contribution in [-0.4, -0.2) is 60.8 Å². The lowest BCUT2D eigenvalue weighted by Gasteiger charge is -2.38. The summed E-state index contributed by atoms with van der Waals surface area (Å²) in [6, 6.07) is 10.5. The standard InChI is InChI=1S/C21H21ClF4N2O5S/c22-13-28-11-9-20(10-12-28,19(29)27-30)34(31,32)17-7-3-15(4-8-17)14-1-5-16(6-2-14)33-21(25,26)18(23)24/h1-8,18,30H,9-13H2,(H,27,29). The fraction of sp³-hybridized carbons (Fsp3) is 0.381. The summed E-state index contributed by atoms with van der Waals surface area (Å²) in [5.41, 5.74) is 2.45. The third-order valence-electron chi connectivity index (χ3n) is 5.72. The minimum atomic E-state index is -4.63. The number of carbonyl (C=O) groups is 1. The molecule has 0 aromatic heterocycles. The van der Waals surface area contributed by atoms with Gasteiger partial charge in [0.2, 0.25) is 0 Å². The molecule has 13 heteroatoms.